The molecule has 1 aliphatic carbocycles. The Bertz CT molecular complexity index is 544. The summed E-state index contributed by atoms with van der Waals surface area (Å²) in [4.78, 5) is 11.1. The number of hydrogen-bond acceptors (Lipinski definition) is 2. The third kappa shape index (κ3) is 1.17. The quantitative estimate of drug-likeness (QED) is 0.602. The van der Waals surface area contributed by atoms with Gasteiger partial charge in [0.1, 0.15) is 18.6 Å². The van der Waals surface area contributed by atoms with Gasteiger partial charge in [0.15, 0.2) is 0 Å². The lowest BCUT2D eigenvalue weighted by atomic mass is 9.69. The molecule has 94 valence electrons. The number of hydrogen-bond donors (Lipinski definition) is 2. The molecule has 0 saturated heterocycles. The van der Waals surface area contributed by atoms with Crippen molar-refractivity contribution < 1.29 is 9.80 Å². The highest BCUT2D eigenvalue weighted by Gasteiger charge is 2.49. The molecule has 2 N–H and O–H groups in total. The summed E-state index contributed by atoms with van der Waals surface area (Å²) in [6.07, 6.45) is 8.66. The molecule has 1 fully saturated rings. The second kappa shape index (κ2) is 3.39. The van der Waals surface area contributed by atoms with E-state index in [0.717, 1.165) is 23.7 Å². The Morgan fingerprint density at radius 1 is 1.28 bits per heavy atom. The second-order valence-electron chi connectivity index (χ2n) is 5.81. The van der Waals surface area contributed by atoms with Crippen LogP contribution in [0.5, 0.6) is 0 Å². The van der Waals surface area contributed by atoms with Gasteiger partial charge in [0.25, 0.3) is 0 Å². The van der Waals surface area contributed by atoms with Crippen LogP contribution >= 0.6 is 0 Å². The predicted molar refractivity (Wildman–Crippen MR) is 67.3 cm³/mol. The second-order valence-corrected chi connectivity index (χ2v) is 5.81. The van der Waals surface area contributed by atoms with Crippen molar-refractivity contribution in [3.63, 3.8) is 0 Å². The minimum absolute atomic E-state index is 0.385. The van der Waals surface area contributed by atoms with Gasteiger partial charge in [-0.2, -0.15) is 4.98 Å². The first kappa shape index (κ1) is 10.6. The Kier molecular flexibility index (Phi) is 2.01. The van der Waals surface area contributed by atoms with Gasteiger partial charge in [0, 0.05) is 31.0 Å². The van der Waals surface area contributed by atoms with Crippen LogP contribution in [0.15, 0.2) is 18.2 Å². The van der Waals surface area contributed by atoms with Crippen LogP contribution < -0.4 is 9.80 Å². The van der Waals surface area contributed by atoms with Gasteiger partial charge in [0.05, 0.1) is 11.1 Å². The first-order valence-corrected chi connectivity index (χ1v) is 6.62. The summed E-state index contributed by atoms with van der Waals surface area (Å²) in [5.41, 5.74) is 4.42. The standard InChI is InChI=1S/C14H18N4/c1-17-8-12-10(6-14(17)4-3-5-14)11-7-15-9-16-13(11)18(12)2/h7,9,17-18H,1-6,8H2. The molecule has 4 rings (SSSR count). The van der Waals surface area contributed by atoms with Crippen molar-refractivity contribution in [2.75, 3.05) is 6.54 Å². The van der Waals surface area contributed by atoms with E-state index in [1.807, 2.05) is 6.20 Å². The highest BCUT2D eigenvalue weighted by Crippen LogP contribution is 2.42. The molecule has 0 bridgehead atoms. The molecule has 18 heavy (non-hydrogen) atoms. The molecule has 0 amide bonds. The van der Waals surface area contributed by atoms with Crippen molar-refractivity contribution in [3.8, 4) is 0 Å². The maximum atomic E-state index is 4.40. The lowest BCUT2D eigenvalue weighted by Gasteiger charge is -2.52. The number of aromatic nitrogens is 2. The summed E-state index contributed by atoms with van der Waals surface area (Å²) in [6, 6.07) is 0. The molecule has 2 aliphatic heterocycles. The summed E-state index contributed by atoms with van der Waals surface area (Å²) in [5, 5.41) is 0. The molecule has 3 aliphatic rings. The lowest BCUT2D eigenvalue weighted by molar-refractivity contribution is -0.929. The molecule has 2 unspecified atom stereocenters. The SMILES string of the molecule is [CH2-][NH+]1C2=C(CC3(CCC3)[NH+]([CH2-])C2)c2cncnc21. The highest BCUT2D eigenvalue weighted by molar-refractivity contribution is 5.76. The van der Waals surface area contributed by atoms with Crippen LogP contribution in [0, 0.1) is 14.1 Å². The van der Waals surface area contributed by atoms with E-state index in [1.54, 1.807) is 6.33 Å². The maximum Gasteiger partial charge on any atom is 0.215 e. The fourth-order valence-electron chi connectivity index (χ4n) is 3.69. The third-order valence-corrected chi connectivity index (χ3v) is 5.02. The molecule has 1 aromatic heterocycles. The molecule has 1 saturated carbocycles. The van der Waals surface area contributed by atoms with Gasteiger partial charge >= 0.3 is 0 Å². The fraction of sp³-hybridized carbons (Fsp3) is 0.429. The molecule has 0 aromatic carbocycles. The van der Waals surface area contributed by atoms with Crippen molar-refractivity contribution >= 4 is 11.4 Å². The molecular formula is C14H18N4. The Hall–Kier alpha value is -1.26. The number of quaternary nitrogens is 2. The highest BCUT2D eigenvalue weighted by atomic mass is 15.3. The lowest BCUT2D eigenvalue weighted by Crippen LogP contribution is -3.20. The van der Waals surface area contributed by atoms with Crippen molar-refractivity contribution in [1.82, 2.24) is 9.97 Å². The summed E-state index contributed by atoms with van der Waals surface area (Å²) in [7, 11) is 8.55. The van der Waals surface area contributed by atoms with Crippen LogP contribution in [0.3, 0.4) is 0 Å². The third-order valence-electron chi connectivity index (χ3n) is 5.02. The van der Waals surface area contributed by atoms with E-state index in [4.69, 9.17) is 0 Å². The average molecular weight is 242 g/mol. The van der Waals surface area contributed by atoms with Crippen LogP contribution in [-0.4, -0.2) is 22.1 Å². The smallest absolute Gasteiger partial charge is 0.215 e. The first-order chi connectivity index (χ1) is 8.71. The topological polar surface area (TPSA) is 34.7 Å². The van der Waals surface area contributed by atoms with Gasteiger partial charge in [0.2, 0.25) is 5.82 Å². The van der Waals surface area contributed by atoms with E-state index in [2.05, 4.69) is 24.1 Å². The van der Waals surface area contributed by atoms with Crippen LogP contribution in [0.25, 0.3) is 5.57 Å². The zero-order valence-electron chi connectivity index (χ0n) is 10.5. The van der Waals surface area contributed by atoms with Crippen LogP contribution in [-0.2, 0) is 0 Å². The van der Waals surface area contributed by atoms with Gasteiger partial charge < -0.3 is 9.80 Å². The Morgan fingerprint density at radius 2 is 2.11 bits per heavy atom. The summed E-state index contributed by atoms with van der Waals surface area (Å²) in [6.45, 7) is 0.991. The zero-order chi connectivity index (χ0) is 12.3. The predicted octanol–water partition coefficient (Wildman–Crippen LogP) is -0.488. The van der Waals surface area contributed by atoms with E-state index >= 15 is 0 Å². The number of fused-ring (bicyclic) bond motifs is 2. The summed E-state index contributed by atoms with van der Waals surface area (Å²) in [5.74, 6) is 1.04. The van der Waals surface area contributed by atoms with Crippen LogP contribution in [0.2, 0.25) is 0 Å². The molecule has 4 nitrogen and oxygen atoms in total. The van der Waals surface area contributed by atoms with Gasteiger partial charge in [-0.05, 0) is 6.42 Å². The summed E-state index contributed by atoms with van der Waals surface area (Å²) < 4.78 is 0. The van der Waals surface area contributed by atoms with E-state index < -0.39 is 0 Å². The minimum atomic E-state index is 0.385. The van der Waals surface area contributed by atoms with E-state index in [0.29, 0.717) is 5.54 Å². The molecule has 2 atom stereocenters. The average Bonchev–Trinajstić information content (AvgIpc) is 2.61. The number of nitrogens with one attached hydrogen (secondary N) is 2. The van der Waals surface area contributed by atoms with Gasteiger partial charge in [-0.25, -0.2) is 4.98 Å². The number of rotatable bonds is 0. The zero-order valence-corrected chi connectivity index (χ0v) is 10.5. The van der Waals surface area contributed by atoms with Crippen molar-refractivity contribution in [3.05, 3.63) is 37.9 Å². The normalized spacial score (nSPS) is 32.1. The Balaban J connectivity index is 1.82. The fourth-order valence-corrected chi connectivity index (χ4v) is 3.69. The summed E-state index contributed by atoms with van der Waals surface area (Å²) >= 11 is 0. The number of nitrogens with zero attached hydrogens (tertiary/aromatic N) is 2. The van der Waals surface area contributed by atoms with Crippen LogP contribution in [0.4, 0.5) is 5.82 Å². The van der Waals surface area contributed by atoms with Crippen molar-refractivity contribution in [2.24, 2.45) is 0 Å². The Morgan fingerprint density at radius 3 is 2.83 bits per heavy atom. The van der Waals surface area contributed by atoms with Gasteiger partial charge in [-0.3, -0.25) is 0 Å². The van der Waals surface area contributed by atoms with E-state index in [9.17, 15) is 0 Å². The molecular weight excluding hydrogens is 224 g/mol. The molecule has 1 spiro atoms. The molecule has 1 aromatic rings. The van der Waals surface area contributed by atoms with Crippen LogP contribution in [0.1, 0.15) is 31.2 Å². The van der Waals surface area contributed by atoms with E-state index in [1.165, 1.54) is 41.0 Å². The minimum Gasteiger partial charge on any atom is -0.455 e. The van der Waals surface area contributed by atoms with E-state index in [-0.39, 0.29) is 0 Å². The molecule has 4 heteroatoms. The largest absolute Gasteiger partial charge is 0.455 e. The maximum absolute atomic E-state index is 4.40. The van der Waals surface area contributed by atoms with Gasteiger partial charge in [-0.1, -0.05) is 0 Å². The molecule has 0 radical (unpaired) electrons. The van der Waals surface area contributed by atoms with Gasteiger partial charge in [-0.15, -0.1) is 14.1 Å². The van der Waals surface area contributed by atoms with Crippen molar-refractivity contribution in [2.45, 2.75) is 31.2 Å². The van der Waals surface area contributed by atoms with Crippen molar-refractivity contribution in [1.29, 1.82) is 0 Å². The molecule has 3 heterocycles. The first-order valence-electron chi connectivity index (χ1n) is 6.62. The Labute approximate surface area is 107 Å². The monoisotopic (exact) mass is 242 g/mol.